The molecule has 1 aliphatic heterocycles. The van der Waals surface area contributed by atoms with Crippen LogP contribution in [0.3, 0.4) is 0 Å². The number of fused-ring (bicyclic) bond motifs is 1. The molecule has 4 rings (SSSR count). The number of aliphatic hydroxyl groups is 1. The minimum absolute atomic E-state index is 0.0452. The first kappa shape index (κ1) is 30.1. The number of carboxylic acid groups (broad SMARTS) is 1. The number of rotatable bonds is 11. The largest absolute Gasteiger partial charge is 0.493 e. The molecule has 0 bridgehead atoms. The maximum Gasteiger partial charge on any atom is 0.313 e. The number of aliphatic hydroxyl groups excluding tert-OH is 1. The van der Waals surface area contributed by atoms with E-state index in [2.05, 4.69) is 9.36 Å². The first-order chi connectivity index (χ1) is 19.1. The molecule has 2 atom stereocenters. The zero-order valence-electron chi connectivity index (χ0n) is 22.4. The first-order valence-corrected chi connectivity index (χ1v) is 14.5. The number of carbonyl (C=O) groups is 2. The van der Waals surface area contributed by atoms with Crippen LogP contribution in [-0.2, 0) is 20.7 Å². The van der Waals surface area contributed by atoms with Gasteiger partial charge < -0.3 is 29.3 Å². The Morgan fingerprint density at radius 3 is 2.67 bits per heavy atom. The lowest BCUT2D eigenvalue weighted by atomic mass is 9.92. The van der Waals surface area contributed by atoms with Crippen molar-refractivity contribution >= 4 is 52.5 Å². The number of amides is 1. The van der Waals surface area contributed by atoms with Gasteiger partial charge >= 0.3 is 5.97 Å². The van der Waals surface area contributed by atoms with E-state index in [4.69, 9.17) is 30.9 Å². The molecule has 0 saturated carbocycles. The summed E-state index contributed by atoms with van der Waals surface area (Å²) in [7, 11) is 3.07. The molecule has 13 heteroatoms. The van der Waals surface area contributed by atoms with E-state index in [-0.39, 0.29) is 31.2 Å². The van der Waals surface area contributed by atoms with E-state index >= 15 is 0 Å². The lowest BCUT2D eigenvalue weighted by Gasteiger charge is -2.32. The molecule has 0 saturated heterocycles. The van der Waals surface area contributed by atoms with Crippen molar-refractivity contribution in [1.82, 2.24) is 9.36 Å². The van der Waals surface area contributed by atoms with Crippen molar-refractivity contribution in [2.24, 2.45) is 5.41 Å². The molecule has 214 valence electrons. The molecule has 0 fully saturated rings. The highest BCUT2D eigenvalue weighted by molar-refractivity contribution is 8.01. The second kappa shape index (κ2) is 12.7. The molecule has 1 amide bonds. The van der Waals surface area contributed by atoms with Gasteiger partial charge in [0.05, 0.1) is 20.0 Å². The number of thioether (sulfide) groups is 1. The highest BCUT2D eigenvalue weighted by Gasteiger charge is 2.40. The summed E-state index contributed by atoms with van der Waals surface area (Å²) in [6.45, 7) is 3.80. The fraction of sp³-hybridized carbons (Fsp3) is 0.407. The number of hydrogen-bond acceptors (Lipinski definition) is 10. The molecule has 0 unspecified atom stereocenters. The molecule has 0 radical (unpaired) electrons. The first-order valence-electron chi connectivity index (χ1n) is 12.3. The molecule has 1 aromatic heterocycles. The summed E-state index contributed by atoms with van der Waals surface area (Å²) >= 11 is 8.59. The Hall–Kier alpha value is -2.90. The van der Waals surface area contributed by atoms with E-state index in [1.54, 1.807) is 36.3 Å². The van der Waals surface area contributed by atoms with Gasteiger partial charge in [0, 0.05) is 46.8 Å². The summed E-state index contributed by atoms with van der Waals surface area (Å²) in [6.07, 6.45) is -1.76. The highest BCUT2D eigenvalue weighted by atomic mass is 35.5. The van der Waals surface area contributed by atoms with Gasteiger partial charge in [-0.3, -0.25) is 9.59 Å². The lowest BCUT2D eigenvalue weighted by molar-refractivity contribution is -0.134. The van der Waals surface area contributed by atoms with Crippen LogP contribution in [0.25, 0.3) is 0 Å². The Kier molecular flexibility index (Phi) is 9.57. The number of benzene rings is 2. The van der Waals surface area contributed by atoms with E-state index in [1.807, 2.05) is 26.0 Å². The third-order valence-corrected chi connectivity index (χ3v) is 8.36. The molecule has 10 nitrogen and oxygen atoms in total. The predicted molar refractivity (Wildman–Crippen MR) is 153 cm³/mol. The molecule has 1 aliphatic rings. The Balaban J connectivity index is 1.83. The van der Waals surface area contributed by atoms with E-state index in [0.29, 0.717) is 43.5 Å². The molecule has 40 heavy (non-hydrogen) atoms. The zero-order chi connectivity index (χ0) is 29.0. The fourth-order valence-corrected chi connectivity index (χ4v) is 5.92. The summed E-state index contributed by atoms with van der Waals surface area (Å²) < 4.78 is 22.7. The number of ether oxygens (including phenoxy) is 3. The Morgan fingerprint density at radius 1 is 1.23 bits per heavy atom. The molecular weight excluding hydrogens is 578 g/mol. The average molecular weight is 608 g/mol. The maximum atomic E-state index is 14.2. The number of anilines is 1. The third kappa shape index (κ3) is 6.69. The van der Waals surface area contributed by atoms with Crippen molar-refractivity contribution in [3.05, 3.63) is 58.4 Å². The number of aliphatic carboxylic acids is 1. The van der Waals surface area contributed by atoms with Crippen LogP contribution < -0.4 is 14.4 Å². The summed E-state index contributed by atoms with van der Waals surface area (Å²) in [5.41, 5.74) is 1.25. The number of carbonyl (C=O) groups excluding carboxylic acids is 1. The second-order valence-electron chi connectivity index (χ2n) is 9.90. The normalized spacial score (nSPS) is 17.4. The molecular formula is C27H30ClN3O7S2. The highest BCUT2D eigenvalue weighted by Crippen LogP contribution is 2.45. The molecule has 2 N–H and O–H groups in total. The number of methoxy groups -OCH3 is 2. The van der Waals surface area contributed by atoms with Crippen LogP contribution in [0.15, 0.2) is 40.7 Å². The van der Waals surface area contributed by atoms with Gasteiger partial charge in [-0.2, -0.15) is 4.37 Å². The lowest BCUT2D eigenvalue weighted by Crippen LogP contribution is -2.46. The molecule has 2 aromatic carbocycles. The van der Waals surface area contributed by atoms with Crippen molar-refractivity contribution in [1.29, 1.82) is 0 Å². The average Bonchev–Trinajstić information content (AvgIpc) is 3.35. The maximum absolute atomic E-state index is 14.2. The van der Waals surface area contributed by atoms with E-state index in [9.17, 15) is 14.7 Å². The summed E-state index contributed by atoms with van der Waals surface area (Å²) in [4.78, 5) is 31.2. The van der Waals surface area contributed by atoms with Crippen LogP contribution in [0.2, 0.25) is 5.02 Å². The van der Waals surface area contributed by atoms with Crippen molar-refractivity contribution in [3.8, 4) is 11.5 Å². The Bertz CT molecular complexity index is 1380. The topological polar surface area (TPSA) is 131 Å². The van der Waals surface area contributed by atoms with E-state index in [1.165, 1.54) is 7.11 Å². The number of aromatic nitrogens is 2. The number of carboxylic acids is 1. The molecule has 3 aromatic rings. The van der Waals surface area contributed by atoms with E-state index in [0.717, 1.165) is 23.3 Å². The monoisotopic (exact) mass is 607 g/mol. The predicted octanol–water partition coefficient (Wildman–Crippen LogP) is 4.47. The van der Waals surface area contributed by atoms with Crippen LogP contribution in [0.1, 0.15) is 36.9 Å². The minimum atomic E-state index is -1.02. The molecule has 0 aliphatic carbocycles. The van der Waals surface area contributed by atoms with Crippen molar-refractivity contribution < 1.29 is 34.0 Å². The minimum Gasteiger partial charge on any atom is -0.493 e. The number of para-hydroxylation sites is 1. The Morgan fingerprint density at radius 2 is 2.00 bits per heavy atom. The van der Waals surface area contributed by atoms with Crippen LogP contribution in [0.5, 0.6) is 11.5 Å². The van der Waals surface area contributed by atoms with Crippen LogP contribution in [0, 0.1) is 5.41 Å². The molecule has 2 heterocycles. The van der Waals surface area contributed by atoms with Gasteiger partial charge in [0.15, 0.2) is 15.8 Å². The van der Waals surface area contributed by atoms with Gasteiger partial charge in [0.25, 0.3) is 5.91 Å². The van der Waals surface area contributed by atoms with Crippen molar-refractivity contribution in [3.63, 3.8) is 0 Å². The van der Waals surface area contributed by atoms with Crippen LogP contribution in [0.4, 0.5) is 5.69 Å². The molecule has 0 spiro atoms. The van der Waals surface area contributed by atoms with Gasteiger partial charge in [-0.15, -0.1) is 0 Å². The zero-order valence-corrected chi connectivity index (χ0v) is 24.8. The van der Waals surface area contributed by atoms with Gasteiger partial charge in [0.2, 0.25) is 0 Å². The SMILES string of the molecule is COc1cccc([C@H]2O[C@H](Cc3nsc(SCC(=O)O)n3)C(=O)N(CC(C)(C)CO)c3ccc(Cl)cc32)c1OC. The quantitative estimate of drug-likeness (QED) is 0.301. The second-order valence-corrected chi connectivity index (χ2v) is 12.3. The number of halogens is 1. The van der Waals surface area contributed by atoms with Crippen LogP contribution in [-0.4, -0.2) is 70.7 Å². The third-order valence-electron chi connectivity index (χ3n) is 6.27. The summed E-state index contributed by atoms with van der Waals surface area (Å²) in [5.74, 6) is -0.125. The van der Waals surface area contributed by atoms with Gasteiger partial charge in [-0.05, 0) is 35.8 Å². The van der Waals surface area contributed by atoms with E-state index < -0.39 is 23.6 Å². The Labute approximate surface area is 245 Å². The van der Waals surface area contributed by atoms with Crippen molar-refractivity contribution in [2.45, 2.75) is 36.8 Å². The fourth-order valence-electron chi connectivity index (χ4n) is 4.37. The number of hydrogen-bond donors (Lipinski definition) is 2. The summed E-state index contributed by atoms with van der Waals surface area (Å²) in [6, 6.07) is 10.7. The standard InChI is InChI=1S/C27H30ClN3O7S2/c1-27(2,14-32)13-31-18-9-8-15(28)10-17(18)23(16-6-5-7-19(36-3)24(16)37-4)38-20(25(31)35)11-21-29-26(40-30-21)39-12-22(33)34/h5-10,20,23,32H,11-14H2,1-4H3,(H,33,34)/t20-,23-/m1/s1. The van der Waals surface area contributed by atoms with Crippen LogP contribution >= 0.6 is 34.9 Å². The van der Waals surface area contributed by atoms with Gasteiger partial charge in [-0.1, -0.05) is 49.3 Å². The smallest absolute Gasteiger partial charge is 0.313 e. The van der Waals surface area contributed by atoms with Crippen molar-refractivity contribution in [2.75, 3.05) is 38.0 Å². The summed E-state index contributed by atoms with van der Waals surface area (Å²) in [5, 5.41) is 19.5. The van der Waals surface area contributed by atoms with Gasteiger partial charge in [-0.25, -0.2) is 4.98 Å². The number of nitrogens with zero attached hydrogens (tertiary/aromatic N) is 3. The van der Waals surface area contributed by atoms with Gasteiger partial charge in [0.1, 0.15) is 18.0 Å².